The zero-order valence-corrected chi connectivity index (χ0v) is 8.75. The first-order valence-corrected chi connectivity index (χ1v) is 4.54. The third kappa shape index (κ3) is 4.32. The summed E-state index contributed by atoms with van der Waals surface area (Å²) in [6.07, 6.45) is 14.1. The van der Waals surface area contributed by atoms with E-state index in [1.807, 2.05) is 45.1 Å². The molecule has 0 aromatic heterocycles. The smallest absolute Gasteiger partial charge is 0.0193 e. The van der Waals surface area contributed by atoms with Crippen molar-refractivity contribution in [2.24, 2.45) is 0 Å². The van der Waals surface area contributed by atoms with E-state index in [2.05, 4.69) is 24.8 Å². The Hall–Kier alpha value is -1.30. The van der Waals surface area contributed by atoms with Gasteiger partial charge in [-0.15, -0.1) is 0 Å². The molecule has 0 rings (SSSR count). The molecule has 0 unspecified atom stereocenters. The predicted molar refractivity (Wildman–Crippen MR) is 61.7 cm³/mol. The zero-order chi connectivity index (χ0) is 10.1. The highest BCUT2D eigenvalue weighted by molar-refractivity contribution is 5.46. The lowest BCUT2D eigenvalue weighted by molar-refractivity contribution is 1.49. The van der Waals surface area contributed by atoms with Gasteiger partial charge in [0.1, 0.15) is 0 Å². The van der Waals surface area contributed by atoms with E-state index < -0.39 is 0 Å². The Balaban J connectivity index is 4.84. The fourth-order valence-electron chi connectivity index (χ4n) is 1.02. The normalized spacial score (nSPS) is 14.4. The number of hydrogen-bond donors (Lipinski definition) is 0. The van der Waals surface area contributed by atoms with Crippen LogP contribution in [0, 0.1) is 0 Å². The van der Waals surface area contributed by atoms with E-state index in [1.165, 1.54) is 5.57 Å². The van der Waals surface area contributed by atoms with Crippen LogP contribution < -0.4 is 0 Å². The van der Waals surface area contributed by atoms with Crippen molar-refractivity contribution in [3.05, 3.63) is 60.3 Å². The summed E-state index contributed by atoms with van der Waals surface area (Å²) in [6.45, 7) is 9.83. The van der Waals surface area contributed by atoms with Crippen molar-refractivity contribution in [3.8, 4) is 0 Å². The number of rotatable bonds is 4. The molecule has 0 bridgehead atoms. The van der Waals surface area contributed by atoms with Gasteiger partial charge in [0.2, 0.25) is 0 Å². The lowest BCUT2D eigenvalue weighted by atomic mass is 10.1. The summed E-state index contributed by atoms with van der Waals surface area (Å²) in [7, 11) is 0. The van der Waals surface area contributed by atoms with Crippen LogP contribution in [-0.4, -0.2) is 0 Å². The molecule has 0 N–H and O–H groups in total. The van der Waals surface area contributed by atoms with E-state index in [0.29, 0.717) is 0 Å². The highest BCUT2D eigenvalue weighted by atomic mass is 14.0. The minimum atomic E-state index is 1.15. The molecule has 0 nitrogen and oxygen atoms in total. The van der Waals surface area contributed by atoms with Crippen LogP contribution in [0.15, 0.2) is 60.3 Å². The van der Waals surface area contributed by atoms with Gasteiger partial charge in [0.05, 0.1) is 0 Å². The molecule has 0 aliphatic heterocycles. The molecule has 0 heteroatoms. The third-order valence-electron chi connectivity index (χ3n) is 1.68. The van der Waals surface area contributed by atoms with Crippen molar-refractivity contribution in [2.45, 2.75) is 20.8 Å². The Morgan fingerprint density at radius 1 is 1.00 bits per heavy atom. The molecule has 0 aromatic rings. The maximum atomic E-state index is 3.79. The minimum absolute atomic E-state index is 1.15. The lowest BCUT2D eigenvalue weighted by Crippen LogP contribution is -1.80. The average Bonchev–Trinajstić information content (AvgIpc) is 2.17. The summed E-state index contributed by atoms with van der Waals surface area (Å²) < 4.78 is 0. The van der Waals surface area contributed by atoms with E-state index in [9.17, 15) is 0 Å². The van der Waals surface area contributed by atoms with Crippen LogP contribution >= 0.6 is 0 Å². The fourth-order valence-corrected chi connectivity index (χ4v) is 1.02. The molecule has 0 saturated heterocycles. The van der Waals surface area contributed by atoms with Crippen LogP contribution in [0.2, 0.25) is 0 Å². The van der Waals surface area contributed by atoms with E-state index in [0.717, 1.165) is 5.57 Å². The van der Waals surface area contributed by atoms with Gasteiger partial charge < -0.3 is 0 Å². The van der Waals surface area contributed by atoms with Crippen LogP contribution in [0.1, 0.15) is 20.8 Å². The van der Waals surface area contributed by atoms with Gasteiger partial charge in [-0.25, -0.2) is 0 Å². The molecule has 0 saturated carbocycles. The van der Waals surface area contributed by atoms with Gasteiger partial charge in [-0.1, -0.05) is 49.1 Å². The van der Waals surface area contributed by atoms with E-state index in [4.69, 9.17) is 0 Å². The molecule has 0 aliphatic rings. The maximum absolute atomic E-state index is 3.79. The molecule has 0 radical (unpaired) electrons. The molecule has 0 fully saturated rings. The highest BCUT2D eigenvalue weighted by Crippen LogP contribution is 2.12. The maximum Gasteiger partial charge on any atom is -0.0193 e. The quantitative estimate of drug-likeness (QED) is 0.560. The van der Waals surface area contributed by atoms with E-state index in [-0.39, 0.29) is 0 Å². The standard InChI is InChI=1S/C13H18/c1-5-9-11-13(8-4)12(7-3)10-6-2/h5-11H,4H2,1-3H3/b9-5-,10-6-,12-7-,13-11-. The number of hydrogen-bond acceptors (Lipinski definition) is 0. The zero-order valence-electron chi connectivity index (χ0n) is 8.75. The molecule has 0 heterocycles. The summed E-state index contributed by atoms with van der Waals surface area (Å²) in [5.41, 5.74) is 2.36. The van der Waals surface area contributed by atoms with Gasteiger partial charge in [0.25, 0.3) is 0 Å². The van der Waals surface area contributed by atoms with Gasteiger partial charge >= 0.3 is 0 Å². The highest BCUT2D eigenvalue weighted by Gasteiger charge is 1.93. The topological polar surface area (TPSA) is 0 Å². The first kappa shape index (κ1) is 11.7. The van der Waals surface area contributed by atoms with Crippen molar-refractivity contribution >= 4 is 0 Å². The van der Waals surface area contributed by atoms with Crippen LogP contribution in [0.3, 0.4) is 0 Å². The molecular formula is C13H18. The van der Waals surface area contributed by atoms with Crippen molar-refractivity contribution in [2.75, 3.05) is 0 Å². The van der Waals surface area contributed by atoms with Crippen LogP contribution in [0.4, 0.5) is 0 Å². The number of allylic oxidation sites excluding steroid dienone is 9. The Labute approximate surface area is 81.7 Å². The van der Waals surface area contributed by atoms with Gasteiger partial charge in [0, 0.05) is 0 Å². The largest absolute Gasteiger partial charge is 0.0984 e. The second-order valence-corrected chi connectivity index (χ2v) is 2.60. The minimum Gasteiger partial charge on any atom is -0.0984 e. The Kier molecular flexibility index (Phi) is 6.62. The van der Waals surface area contributed by atoms with Gasteiger partial charge in [0.15, 0.2) is 0 Å². The van der Waals surface area contributed by atoms with Crippen molar-refractivity contribution in [3.63, 3.8) is 0 Å². The monoisotopic (exact) mass is 174 g/mol. The van der Waals surface area contributed by atoms with Crippen molar-refractivity contribution in [1.29, 1.82) is 0 Å². The summed E-state index contributed by atoms with van der Waals surface area (Å²) in [5.74, 6) is 0. The van der Waals surface area contributed by atoms with Gasteiger partial charge in [-0.2, -0.15) is 0 Å². The molecule has 0 atom stereocenters. The lowest BCUT2D eigenvalue weighted by Gasteiger charge is -2.00. The second-order valence-electron chi connectivity index (χ2n) is 2.60. The Morgan fingerprint density at radius 3 is 2.08 bits per heavy atom. The SMILES string of the molecule is C=CC(=C/C=C\C)/C(/C=C\C)=C\C. The van der Waals surface area contributed by atoms with Crippen molar-refractivity contribution < 1.29 is 0 Å². The molecule has 0 aliphatic carbocycles. The summed E-state index contributed by atoms with van der Waals surface area (Å²) in [6, 6.07) is 0. The Bertz CT molecular complexity index is 260. The fraction of sp³-hybridized carbons (Fsp3) is 0.231. The predicted octanol–water partition coefficient (Wildman–Crippen LogP) is 4.20. The molecular weight excluding hydrogens is 156 g/mol. The second kappa shape index (κ2) is 7.35. The summed E-state index contributed by atoms with van der Waals surface area (Å²) in [4.78, 5) is 0. The van der Waals surface area contributed by atoms with Crippen LogP contribution in [0.25, 0.3) is 0 Å². The molecule has 13 heavy (non-hydrogen) atoms. The first-order valence-electron chi connectivity index (χ1n) is 4.54. The molecule has 70 valence electrons. The Morgan fingerprint density at radius 2 is 1.69 bits per heavy atom. The van der Waals surface area contributed by atoms with Crippen molar-refractivity contribution in [1.82, 2.24) is 0 Å². The van der Waals surface area contributed by atoms with Gasteiger partial charge in [-0.05, 0) is 31.9 Å². The van der Waals surface area contributed by atoms with Crippen LogP contribution in [-0.2, 0) is 0 Å². The molecule has 0 aromatic carbocycles. The van der Waals surface area contributed by atoms with Crippen LogP contribution in [0.5, 0.6) is 0 Å². The molecule has 0 spiro atoms. The van der Waals surface area contributed by atoms with Gasteiger partial charge in [-0.3, -0.25) is 0 Å². The summed E-state index contributed by atoms with van der Waals surface area (Å²) >= 11 is 0. The average molecular weight is 174 g/mol. The van der Waals surface area contributed by atoms with E-state index in [1.54, 1.807) is 0 Å². The van der Waals surface area contributed by atoms with E-state index >= 15 is 0 Å². The molecule has 0 amide bonds. The first-order chi connectivity index (χ1) is 6.29. The third-order valence-corrected chi connectivity index (χ3v) is 1.68. The summed E-state index contributed by atoms with van der Waals surface area (Å²) in [5, 5.41) is 0.